The second-order valence-electron chi connectivity index (χ2n) is 17.6. The third kappa shape index (κ3) is 4.43. The molecule has 0 fully saturated rings. The second-order valence-corrected chi connectivity index (χ2v) is 17.6. The van der Waals surface area contributed by atoms with Crippen molar-refractivity contribution in [1.82, 2.24) is 0 Å². The molecular formula is C56H42N2O2. The summed E-state index contributed by atoms with van der Waals surface area (Å²) in [6.45, 7) is 9.26. The quantitative estimate of drug-likeness (QED) is 0.175. The largest absolute Gasteiger partial charge is 0.457 e. The Balaban J connectivity index is 1.13. The minimum absolute atomic E-state index is 0.0444. The summed E-state index contributed by atoms with van der Waals surface area (Å²) in [6, 6.07) is 64.7. The molecule has 1 aliphatic carbocycles. The second kappa shape index (κ2) is 12.2. The first-order valence-electron chi connectivity index (χ1n) is 20.9. The minimum atomic E-state index is -0.833. The topological polar surface area (TPSA) is 32.8 Å². The van der Waals surface area contributed by atoms with E-state index >= 15 is 0 Å². The van der Waals surface area contributed by atoms with Crippen molar-refractivity contribution in [2.24, 2.45) is 0 Å². The smallest absolute Gasteiger partial charge is 0.193 e. The van der Waals surface area contributed by atoms with Crippen LogP contribution >= 0.6 is 0 Å². The molecule has 8 aromatic carbocycles. The number of hydrogen-bond acceptors (Lipinski definition) is 4. The number of carbonyl (C=O) groups excluding carboxylic acids is 1. The Morgan fingerprint density at radius 2 is 0.683 bits per heavy atom. The van der Waals surface area contributed by atoms with Crippen LogP contribution in [0.1, 0.15) is 88.1 Å². The number of ether oxygens (including phenoxy) is 1. The Kier molecular flexibility index (Phi) is 7.07. The van der Waals surface area contributed by atoms with Crippen molar-refractivity contribution in [3.63, 3.8) is 0 Å². The summed E-state index contributed by atoms with van der Waals surface area (Å²) >= 11 is 0. The molecule has 4 aliphatic rings. The van der Waals surface area contributed by atoms with Gasteiger partial charge in [-0.15, -0.1) is 0 Å². The normalized spacial score (nSPS) is 16.5. The summed E-state index contributed by atoms with van der Waals surface area (Å²) in [5, 5.41) is 0. The zero-order valence-corrected chi connectivity index (χ0v) is 34.0. The number of fused-ring (bicyclic) bond motifs is 12. The molecule has 8 aromatic rings. The van der Waals surface area contributed by atoms with Crippen LogP contribution in [0.2, 0.25) is 0 Å². The first-order chi connectivity index (χ1) is 29.2. The lowest BCUT2D eigenvalue weighted by Crippen LogP contribution is -2.40. The Hall–Kier alpha value is -7.17. The zero-order chi connectivity index (χ0) is 40.5. The first kappa shape index (κ1) is 34.8. The third-order valence-electron chi connectivity index (χ3n) is 13.9. The van der Waals surface area contributed by atoms with E-state index in [4.69, 9.17) is 4.74 Å². The highest BCUT2D eigenvalue weighted by Gasteiger charge is 2.52. The van der Waals surface area contributed by atoms with Gasteiger partial charge in [0.25, 0.3) is 0 Å². The van der Waals surface area contributed by atoms with Crippen molar-refractivity contribution in [2.45, 2.75) is 43.9 Å². The number of nitrogens with zero attached hydrogens (tertiary/aromatic N) is 2. The van der Waals surface area contributed by atoms with Crippen LogP contribution < -0.4 is 14.5 Å². The maximum atomic E-state index is 14.4. The summed E-state index contributed by atoms with van der Waals surface area (Å²) in [5.41, 5.74) is 15.9. The van der Waals surface area contributed by atoms with Gasteiger partial charge in [-0.05, 0) is 69.8 Å². The SMILES string of the molecule is CC1(C)c2ccccc2N(c2ccc3c(c2)Oc2cc(N4c5ccccc5C(C)(C)c5ccccc54)ccc2C32c3ccccc3C(=O)c3ccccc32)c2ccccc21. The van der Waals surface area contributed by atoms with E-state index < -0.39 is 5.41 Å². The number of carbonyl (C=O) groups is 1. The van der Waals surface area contributed by atoms with Gasteiger partial charge in [-0.2, -0.15) is 0 Å². The van der Waals surface area contributed by atoms with Gasteiger partial charge in [-0.3, -0.25) is 4.79 Å². The van der Waals surface area contributed by atoms with Gasteiger partial charge in [0.2, 0.25) is 0 Å². The molecule has 0 unspecified atom stereocenters. The molecule has 3 heterocycles. The Morgan fingerprint density at radius 1 is 0.367 bits per heavy atom. The average molecular weight is 775 g/mol. The van der Waals surface area contributed by atoms with E-state index in [9.17, 15) is 4.79 Å². The van der Waals surface area contributed by atoms with Crippen LogP contribution in [0.5, 0.6) is 11.5 Å². The van der Waals surface area contributed by atoms with E-state index in [1.54, 1.807) is 0 Å². The van der Waals surface area contributed by atoms with Crippen molar-refractivity contribution in [1.29, 1.82) is 0 Å². The van der Waals surface area contributed by atoms with Crippen LogP contribution in [0.4, 0.5) is 34.1 Å². The number of rotatable bonds is 2. The average Bonchev–Trinajstić information content (AvgIpc) is 3.28. The molecule has 3 aliphatic heterocycles. The van der Waals surface area contributed by atoms with Crippen molar-refractivity contribution < 1.29 is 9.53 Å². The molecule has 1 spiro atoms. The molecule has 0 N–H and O–H groups in total. The molecule has 0 aromatic heterocycles. The van der Waals surface area contributed by atoms with E-state index in [1.165, 1.54) is 22.3 Å². The Morgan fingerprint density at radius 3 is 1.05 bits per heavy atom. The molecule has 4 heteroatoms. The number of hydrogen-bond donors (Lipinski definition) is 0. The standard InChI is InChI=1S/C56H42N2O2/c1-54(2)41-21-9-13-25-47(41)57(48-26-14-10-22-42(48)54)35-29-31-45-51(33-35)60-52-34-36(58-49-27-15-11-23-43(49)55(3,4)44-24-12-16-28-50(44)58)30-32-46(52)56(45)39-19-7-5-17-37(39)53(59)38-18-6-8-20-40(38)56/h5-34H,1-4H3. The van der Waals surface area contributed by atoms with Gasteiger partial charge in [-0.1, -0.05) is 161 Å². The van der Waals surface area contributed by atoms with E-state index in [0.717, 1.165) is 67.9 Å². The van der Waals surface area contributed by atoms with Crippen LogP contribution in [0, 0.1) is 0 Å². The molecule has 288 valence electrons. The molecule has 12 rings (SSSR count). The highest BCUT2D eigenvalue weighted by molar-refractivity contribution is 6.14. The van der Waals surface area contributed by atoms with Gasteiger partial charge in [-0.25, -0.2) is 0 Å². The van der Waals surface area contributed by atoms with Crippen LogP contribution in [-0.2, 0) is 16.2 Å². The Labute approximate surface area is 351 Å². The lowest BCUT2D eigenvalue weighted by atomic mass is 9.58. The van der Waals surface area contributed by atoms with E-state index in [-0.39, 0.29) is 16.6 Å². The molecule has 4 nitrogen and oxygen atoms in total. The van der Waals surface area contributed by atoms with Crippen molar-refractivity contribution in [3.8, 4) is 11.5 Å². The summed E-state index contributed by atoms with van der Waals surface area (Å²) in [6.07, 6.45) is 0. The van der Waals surface area contributed by atoms with Crippen LogP contribution in [0.3, 0.4) is 0 Å². The Bertz CT molecular complexity index is 2830. The monoisotopic (exact) mass is 774 g/mol. The van der Waals surface area contributed by atoms with E-state index in [2.05, 4.69) is 195 Å². The third-order valence-corrected chi connectivity index (χ3v) is 13.9. The first-order valence-corrected chi connectivity index (χ1v) is 20.9. The lowest BCUT2D eigenvalue weighted by Gasteiger charge is -2.46. The molecule has 0 saturated heterocycles. The van der Waals surface area contributed by atoms with Crippen molar-refractivity contribution >= 4 is 39.9 Å². The fourth-order valence-corrected chi connectivity index (χ4v) is 11.1. The molecule has 0 amide bonds. The van der Waals surface area contributed by atoms with E-state index in [0.29, 0.717) is 11.1 Å². The van der Waals surface area contributed by atoms with Gasteiger partial charge in [0, 0.05) is 56.6 Å². The molecular weight excluding hydrogens is 733 g/mol. The maximum absolute atomic E-state index is 14.4. The number of para-hydroxylation sites is 4. The summed E-state index contributed by atoms with van der Waals surface area (Å²) in [4.78, 5) is 19.2. The van der Waals surface area contributed by atoms with Gasteiger partial charge >= 0.3 is 0 Å². The molecule has 60 heavy (non-hydrogen) atoms. The molecule has 0 bridgehead atoms. The van der Waals surface area contributed by atoms with Crippen LogP contribution in [0.25, 0.3) is 0 Å². The van der Waals surface area contributed by atoms with Gasteiger partial charge in [0.15, 0.2) is 5.78 Å². The van der Waals surface area contributed by atoms with Crippen LogP contribution in [0.15, 0.2) is 182 Å². The summed E-state index contributed by atoms with van der Waals surface area (Å²) in [5.74, 6) is 1.57. The molecule has 0 radical (unpaired) electrons. The van der Waals surface area contributed by atoms with Gasteiger partial charge in [0.1, 0.15) is 11.5 Å². The highest BCUT2D eigenvalue weighted by Crippen LogP contribution is 2.61. The lowest BCUT2D eigenvalue weighted by molar-refractivity contribution is 0.103. The van der Waals surface area contributed by atoms with Crippen molar-refractivity contribution in [3.05, 3.63) is 238 Å². The fourth-order valence-electron chi connectivity index (χ4n) is 11.1. The van der Waals surface area contributed by atoms with E-state index in [1.807, 2.05) is 24.3 Å². The van der Waals surface area contributed by atoms with Crippen LogP contribution in [-0.4, -0.2) is 5.78 Å². The predicted octanol–water partition coefficient (Wildman–Crippen LogP) is 13.9. The van der Waals surface area contributed by atoms with Crippen molar-refractivity contribution in [2.75, 3.05) is 9.80 Å². The van der Waals surface area contributed by atoms with Gasteiger partial charge < -0.3 is 14.5 Å². The predicted molar refractivity (Wildman–Crippen MR) is 242 cm³/mol. The maximum Gasteiger partial charge on any atom is 0.193 e. The molecule has 0 atom stereocenters. The number of ketones is 1. The summed E-state index contributed by atoms with van der Waals surface area (Å²) < 4.78 is 7.32. The number of benzene rings is 8. The minimum Gasteiger partial charge on any atom is -0.457 e. The highest BCUT2D eigenvalue weighted by atomic mass is 16.5. The summed E-state index contributed by atoms with van der Waals surface area (Å²) in [7, 11) is 0. The molecule has 0 saturated carbocycles. The van der Waals surface area contributed by atoms with Gasteiger partial charge in [0.05, 0.1) is 28.2 Å². The zero-order valence-electron chi connectivity index (χ0n) is 34.0. The fraction of sp³-hybridized carbons (Fsp3) is 0.125. The number of anilines is 6.